The van der Waals surface area contributed by atoms with Crippen LogP contribution < -0.4 is 14.4 Å². The monoisotopic (exact) mass is 394 g/mol. The molecule has 1 aliphatic rings. The Labute approximate surface area is 172 Å². The first kappa shape index (κ1) is 19.6. The average Bonchev–Trinajstić information content (AvgIpc) is 3.10. The molecule has 3 aromatic rings. The number of aryl methyl sites for hydroxylation is 1. The molecule has 0 N–H and O–H groups in total. The van der Waals surface area contributed by atoms with E-state index in [-0.39, 0.29) is 0 Å². The van der Waals surface area contributed by atoms with Crippen molar-refractivity contribution < 1.29 is 9.47 Å². The molecule has 0 saturated carbocycles. The van der Waals surface area contributed by atoms with Crippen molar-refractivity contribution in [2.75, 3.05) is 32.2 Å². The van der Waals surface area contributed by atoms with Gasteiger partial charge in [-0.2, -0.15) is 9.61 Å². The molecule has 0 amide bonds. The molecule has 1 fully saturated rings. The number of hydrogen-bond donors (Lipinski definition) is 0. The molecule has 0 radical (unpaired) electrons. The number of piperidine rings is 1. The molecule has 29 heavy (non-hydrogen) atoms. The van der Waals surface area contributed by atoms with Crippen molar-refractivity contribution in [3.63, 3.8) is 0 Å². The summed E-state index contributed by atoms with van der Waals surface area (Å²) in [5, 5.41) is 4.96. The molecule has 0 spiro atoms. The van der Waals surface area contributed by atoms with Crippen LogP contribution in [0.2, 0.25) is 0 Å². The van der Waals surface area contributed by atoms with E-state index >= 15 is 0 Å². The van der Waals surface area contributed by atoms with Crippen molar-refractivity contribution in [1.29, 1.82) is 0 Å². The minimum absolute atomic E-state index is 0.666. The van der Waals surface area contributed by atoms with E-state index in [2.05, 4.69) is 32.6 Å². The highest BCUT2D eigenvalue weighted by Gasteiger charge is 2.26. The smallest absolute Gasteiger partial charge is 0.158 e. The van der Waals surface area contributed by atoms with Crippen molar-refractivity contribution >= 4 is 11.5 Å². The molecular formula is C23H30N4O2. The lowest BCUT2D eigenvalue weighted by molar-refractivity contribution is 0.354. The summed E-state index contributed by atoms with van der Waals surface area (Å²) < 4.78 is 12.9. The minimum Gasteiger partial charge on any atom is -0.497 e. The molecule has 1 saturated heterocycles. The van der Waals surface area contributed by atoms with E-state index in [4.69, 9.17) is 19.6 Å². The molecule has 6 nitrogen and oxygen atoms in total. The summed E-state index contributed by atoms with van der Waals surface area (Å²) >= 11 is 0. The van der Waals surface area contributed by atoms with Crippen molar-refractivity contribution in [1.82, 2.24) is 14.6 Å². The number of aromatic nitrogens is 3. The van der Waals surface area contributed by atoms with Crippen molar-refractivity contribution in [3.8, 4) is 22.8 Å². The Morgan fingerprint density at radius 1 is 0.931 bits per heavy atom. The number of benzene rings is 1. The summed E-state index contributed by atoms with van der Waals surface area (Å²) in [5.41, 5.74) is 4.92. The Morgan fingerprint density at radius 3 is 2.14 bits per heavy atom. The van der Waals surface area contributed by atoms with Crippen LogP contribution in [0.3, 0.4) is 0 Å². The largest absolute Gasteiger partial charge is 0.497 e. The number of rotatable bonds is 4. The van der Waals surface area contributed by atoms with Gasteiger partial charge >= 0.3 is 0 Å². The third kappa shape index (κ3) is 3.63. The molecule has 1 aliphatic heterocycles. The lowest BCUT2D eigenvalue weighted by Crippen LogP contribution is -2.40. The molecule has 1 aromatic carbocycles. The van der Waals surface area contributed by atoms with Gasteiger partial charge in [-0.25, -0.2) is 4.98 Å². The highest BCUT2D eigenvalue weighted by Crippen LogP contribution is 2.33. The van der Waals surface area contributed by atoms with Gasteiger partial charge in [0.25, 0.3) is 0 Å². The van der Waals surface area contributed by atoms with E-state index < -0.39 is 0 Å². The fraction of sp³-hybridized carbons (Fsp3) is 0.478. The quantitative estimate of drug-likeness (QED) is 0.652. The van der Waals surface area contributed by atoms with Gasteiger partial charge < -0.3 is 14.4 Å². The van der Waals surface area contributed by atoms with Crippen LogP contribution in [0.15, 0.2) is 24.3 Å². The first-order valence-electron chi connectivity index (χ1n) is 10.2. The van der Waals surface area contributed by atoms with Gasteiger partial charge in [-0.05, 0) is 44.2 Å². The number of ether oxygens (including phenoxy) is 2. The zero-order valence-electron chi connectivity index (χ0n) is 18.2. The van der Waals surface area contributed by atoms with Crippen LogP contribution in [0.4, 0.5) is 5.82 Å². The van der Waals surface area contributed by atoms with Crippen molar-refractivity contribution in [3.05, 3.63) is 35.5 Å². The zero-order valence-corrected chi connectivity index (χ0v) is 18.2. The molecule has 4 rings (SSSR count). The highest BCUT2D eigenvalue weighted by molar-refractivity contribution is 5.69. The normalized spacial score (nSPS) is 19.6. The SMILES string of the molecule is COc1cc(OC)cc(-c2cc3nc(C)c(C)c(N4C[C@@H](C)C[C@H](C)C4)n3n2)c1. The predicted molar refractivity (Wildman–Crippen MR) is 116 cm³/mol. The van der Waals surface area contributed by atoms with Gasteiger partial charge in [-0.1, -0.05) is 13.8 Å². The van der Waals surface area contributed by atoms with E-state index in [1.54, 1.807) is 14.2 Å². The Morgan fingerprint density at radius 2 is 1.55 bits per heavy atom. The minimum atomic E-state index is 0.666. The van der Waals surface area contributed by atoms with Crippen LogP contribution in [-0.4, -0.2) is 41.9 Å². The molecule has 3 heterocycles. The maximum Gasteiger partial charge on any atom is 0.158 e. The Bertz CT molecular complexity index is 1010. The van der Waals surface area contributed by atoms with Crippen LogP contribution in [0, 0.1) is 25.7 Å². The summed E-state index contributed by atoms with van der Waals surface area (Å²) in [4.78, 5) is 7.30. The van der Waals surface area contributed by atoms with Gasteiger partial charge in [0, 0.05) is 42.0 Å². The van der Waals surface area contributed by atoms with Crippen LogP contribution in [0.25, 0.3) is 16.9 Å². The highest BCUT2D eigenvalue weighted by atomic mass is 16.5. The van der Waals surface area contributed by atoms with Gasteiger partial charge in [-0.3, -0.25) is 0 Å². The molecule has 154 valence electrons. The lowest BCUT2D eigenvalue weighted by Gasteiger charge is -2.37. The zero-order chi connectivity index (χ0) is 20.7. The second-order valence-electron chi connectivity index (χ2n) is 8.40. The fourth-order valence-electron chi connectivity index (χ4n) is 4.49. The Kier molecular flexibility index (Phi) is 5.11. The van der Waals surface area contributed by atoms with Gasteiger partial charge in [0.05, 0.1) is 19.9 Å². The van der Waals surface area contributed by atoms with Gasteiger partial charge in [-0.15, -0.1) is 0 Å². The topological polar surface area (TPSA) is 51.9 Å². The number of nitrogens with zero attached hydrogens (tertiary/aromatic N) is 4. The van der Waals surface area contributed by atoms with Crippen LogP contribution >= 0.6 is 0 Å². The third-order valence-electron chi connectivity index (χ3n) is 5.87. The molecule has 2 atom stereocenters. The maximum absolute atomic E-state index is 5.44. The van der Waals surface area contributed by atoms with Crippen LogP contribution in [0.5, 0.6) is 11.5 Å². The summed E-state index contributed by atoms with van der Waals surface area (Å²) in [5.74, 6) is 3.98. The van der Waals surface area contributed by atoms with E-state index in [9.17, 15) is 0 Å². The number of anilines is 1. The fourth-order valence-corrected chi connectivity index (χ4v) is 4.49. The first-order chi connectivity index (χ1) is 13.9. The summed E-state index contributed by atoms with van der Waals surface area (Å²) in [6, 6.07) is 7.87. The molecule has 6 heteroatoms. The van der Waals surface area contributed by atoms with E-state index in [1.165, 1.54) is 12.0 Å². The Hall–Kier alpha value is -2.76. The van der Waals surface area contributed by atoms with Crippen molar-refractivity contribution in [2.45, 2.75) is 34.1 Å². The molecule has 0 aliphatic carbocycles. The summed E-state index contributed by atoms with van der Waals surface area (Å²) in [6.45, 7) is 11.0. The number of hydrogen-bond acceptors (Lipinski definition) is 5. The molecule has 0 bridgehead atoms. The van der Waals surface area contributed by atoms with Gasteiger partial charge in [0.1, 0.15) is 17.3 Å². The van der Waals surface area contributed by atoms with E-state index in [0.717, 1.165) is 53.0 Å². The average molecular weight is 395 g/mol. The number of fused-ring (bicyclic) bond motifs is 1. The van der Waals surface area contributed by atoms with Crippen LogP contribution in [0.1, 0.15) is 31.5 Å². The Balaban J connectivity index is 1.86. The molecule has 0 unspecified atom stereocenters. The molecule has 2 aromatic heterocycles. The number of methoxy groups -OCH3 is 2. The maximum atomic E-state index is 5.44. The second kappa shape index (κ2) is 7.58. The standard InChI is InChI=1S/C23H30N4O2/c1-14-7-15(2)13-26(12-14)23-16(3)17(4)24-22-11-21(25-27(22)23)18-8-19(28-5)10-20(9-18)29-6/h8-11,14-15H,7,12-13H2,1-6H3/t14-,15-/m0/s1. The van der Waals surface area contributed by atoms with Crippen molar-refractivity contribution in [2.24, 2.45) is 11.8 Å². The van der Waals surface area contributed by atoms with E-state index in [1.807, 2.05) is 28.8 Å². The van der Waals surface area contributed by atoms with E-state index in [0.29, 0.717) is 11.8 Å². The predicted octanol–water partition coefficient (Wildman–Crippen LogP) is 4.51. The third-order valence-corrected chi connectivity index (χ3v) is 5.87. The summed E-state index contributed by atoms with van der Waals surface area (Å²) in [7, 11) is 3.32. The lowest BCUT2D eigenvalue weighted by atomic mass is 9.91. The van der Waals surface area contributed by atoms with Gasteiger partial charge in [0.2, 0.25) is 0 Å². The first-order valence-corrected chi connectivity index (χ1v) is 10.2. The summed E-state index contributed by atoms with van der Waals surface area (Å²) in [6.07, 6.45) is 1.27. The second-order valence-corrected chi connectivity index (χ2v) is 8.40. The molecular weight excluding hydrogens is 364 g/mol. The van der Waals surface area contributed by atoms with Crippen LogP contribution in [-0.2, 0) is 0 Å². The van der Waals surface area contributed by atoms with Gasteiger partial charge in [0.15, 0.2) is 5.65 Å².